The maximum absolute atomic E-state index is 14.0. The SMILES string of the molecule is CC(C)OC(=O)c1c(F)cc(Br)c(S(N)(=O)=O)c1F. The summed E-state index contributed by atoms with van der Waals surface area (Å²) in [6.45, 7) is 2.96. The summed E-state index contributed by atoms with van der Waals surface area (Å²) in [4.78, 5) is 10.5. The van der Waals surface area contributed by atoms with E-state index in [-0.39, 0.29) is 0 Å². The van der Waals surface area contributed by atoms with Crippen molar-refractivity contribution in [2.75, 3.05) is 0 Å². The topological polar surface area (TPSA) is 86.5 Å². The molecule has 1 aromatic carbocycles. The van der Waals surface area contributed by atoms with Gasteiger partial charge in [0.05, 0.1) is 6.10 Å². The Morgan fingerprint density at radius 3 is 2.37 bits per heavy atom. The number of nitrogens with two attached hydrogens (primary N) is 1. The molecular formula is C10H10BrF2NO4S. The first kappa shape index (κ1) is 16.0. The smallest absolute Gasteiger partial charge is 0.344 e. The second-order valence-corrected chi connectivity index (χ2v) is 6.21. The Morgan fingerprint density at radius 2 is 1.95 bits per heavy atom. The van der Waals surface area contributed by atoms with E-state index in [1.165, 1.54) is 13.8 Å². The van der Waals surface area contributed by atoms with Crippen molar-refractivity contribution in [2.24, 2.45) is 5.14 Å². The molecule has 0 aromatic heterocycles. The highest BCUT2D eigenvalue weighted by atomic mass is 79.9. The molecule has 1 rings (SSSR count). The van der Waals surface area contributed by atoms with Crippen LogP contribution in [0.2, 0.25) is 0 Å². The van der Waals surface area contributed by atoms with Crippen molar-refractivity contribution in [3.05, 3.63) is 27.7 Å². The van der Waals surface area contributed by atoms with E-state index in [1.54, 1.807) is 0 Å². The standard InChI is InChI=1S/C10H10BrF2NO4S/c1-4(2)18-10(15)7-6(12)3-5(11)9(8(7)13)19(14,16)17/h3-4H,1-2H3,(H2,14,16,17). The Bertz CT molecular complexity index is 631. The largest absolute Gasteiger partial charge is 0.459 e. The average Bonchev–Trinajstić information content (AvgIpc) is 2.11. The van der Waals surface area contributed by atoms with Crippen molar-refractivity contribution in [1.82, 2.24) is 0 Å². The van der Waals surface area contributed by atoms with Crippen LogP contribution < -0.4 is 5.14 Å². The number of rotatable bonds is 3. The first-order valence-electron chi connectivity index (χ1n) is 4.97. The van der Waals surface area contributed by atoms with Gasteiger partial charge in [-0.2, -0.15) is 0 Å². The number of halogens is 3. The normalized spacial score (nSPS) is 11.7. The number of hydrogen-bond acceptors (Lipinski definition) is 4. The van der Waals surface area contributed by atoms with Gasteiger partial charge in [0.2, 0.25) is 10.0 Å². The van der Waals surface area contributed by atoms with Gasteiger partial charge in [0.1, 0.15) is 16.3 Å². The van der Waals surface area contributed by atoms with Crippen LogP contribution in [-0.4, -0.2) is 20.5 Å². The highest BCUT2D eigenvalue weighted by Gasteiger charge is 2.29. The first-order valence-corrected chi connectivity index (χ1v) is 7.31. The summed E-state index contributed by atoms with van der Waals surface area (Å²) in [5.41, 5.74) is -1.10. The zero-order valence-corrected chi connectivity index (χ0v) is 12.3. The van der Waals surface area contributed by atoms with Crippen LogP contribution in [0.15, 0.2) is 15.4 Å². The van der Waals surface area contributed by atoms with Gasteiger partial charge in [-0.3, -0.25) is 0 Å². The van der Waals surface area contributed by atoms with Crippen LogP contribution in [0.25, 0.3) is 0 Å². The predicted octanol–water partition coefficient (Wildman–Crippen LogP) is 1.94. The molecule has 9 heteroatoms. The molecule has 1 aromatic rings. The molecule has 0 atom stereocenters. The van der Waals surface area contributed by atoms with Gasteiger partial charge in [0.15, 0.2) is 5.82 Å². The second-order valence-electron chi connectivity index (χ2n) is 3.86. The summed E-state index contributed by atoms with van der Waals surface area (Å²) in [6, 6.07) is 0.639. The highest BCUT2D eigenvalue weighted by Crippen LogP contribution is 2.29. The Labute approximate surface area is 116 Å². The minimum atomic E-state index is -4.46. The molecule has 19 heavy (non-hydrogen) atoms. The summed E-state index contributed by atoms with van der Waals surface area (Å²) in [6.07, 6.45) is -0.618. The zero-order chi connectivity index (χ0) is 15.0. The number of esters is 1. The fourth-order valence-corrected chi connectivity index (χ4v) is 3.03. The monoisotopic (exact) mass is 357 g/mol. The lowest BCUT2D eigenvalue weighted by Gasteiger charge is -2.12. The number of benzene rings is 1. The minimum Gasteiger partial charge on any atom is -0.459 e. The molecule has 0 saturated carbocycles. The van der Waals surface area contributed by atoms with E-state index in [0.29, 0.717) is 6.07 Å². The molecule has 106 valence electrons. The average molecular weight is 358 g/mol. The first-order chi connectivity index (χ1) is 8.55. The summed E-state index contributed by atoms with van der Waals surface area (Å²) >= 11 is 2.68. The van der Waals surface area contributed by atoms with Crippen LogP contribution in [-0.2, 0) is 14.8 Å². The summed E-state index contributed by atoms with van der Waals surface area (Å²) < 4.78 is 54.2. The van der Waals surface area contributed by atoms with Crippen molar-refractivity contribution in [1.29, 1.82) is 0 Å². The molecule has 5 nitrogen and oxygen atoms in total. The van der Waals surface area contributed by atoms with Crippen LogP contribution in [0.3, 0.4) is 0 Å². The Hall–Kier alpha value is -1.06. The Kier molecular flexibility index (Phi) is 4.64. The molecule has 0 bridgehead atoms. The van der Waals surface area contributed by atoms with Crippen LogP contribution in [0, 0.1) is 11.6 Å². The molecule has 2 N–H and O–H groups in total. The van der Waals surface area contributed by atoms with Crippen molar-refractivity contribution in [2.45, 2.75) is 24.8 Å². The molecule has 0 spiro atoms. The predicted molar refractivity (Wildman–Crippen MR) is 66.0 cm³/mol. The summed E-state index contributed by atoms with van der Waals surface area (Å²) in [5, 5.41) is 4.81. The Balaban J connectivity index is 3.55. The number of carbonyl (C=O) groups excluding carboxylic acids is 1. The lowest BCUT2D eigenvalue weighted by molar-refractivity contribution is 0.0366. The third kappa shape index (κ3) is 3.48. The fourth-order valence-electron chi connectivity index (χ4n) is 1.29. The lowest BCUT2D eigenvalue weighted by Crippen LogP contribution is -2.20. The quantitative estimate of drug-likeness (QED) is 0.837. The minimum absolute atomic E-state index is 0.411. The van der Waals surface area contributed by atoms with E-state index in [1.807, 2.05) is 0 Å². The van der Waals surface area contributed by atoms with E-state index in [0.717, 1.165) is 0 Å². The second kappa shape index (κ2) is 5.51. The van der Waals surface area contributed by atoms with Gasteiger partial charge in [0.25, 0.3) is 0 Å². The molecule has 0 aliphatic carbocycles. The molecule has 0 fully saturated rings. The zero-order valence-electron chi connectivity index (χ0n) is 9.91. The van der Waals surface area contributed by atoms with Gasteiger partial charge in [0, 0.05) is 4.47 Å². The molecule has 0 aliphatic rings. The number of carbonyl (C=O) groups is 1. The van der Waals surface area contributed by atoms with Gasteiger partial charge < -0.3 is 4.74 Å². The molecular weight excluding hydrogens is 348 g/mol. The van der Waals surface area contributed by atoms with Gasteiger partial charge in [-0.15, -0.1) is 0 Å². The van der Waals surface area contributed by atoms with Crippen molar-refractivity contribution in [3.8, 4) is 0 Å². The molecule has 0 unspecified atom stereocenters. The molecule has 0 saturated heterocycles. The fraction of sp³-hybridized carbons (Fsp3) is 0.300. The number of ether oxygens (including phenoxy) is 1. The van der Waals surface area contributed by atoms with Crippen LogP contribution >= 0.6 is 15.9 Å². The maximum atomic E-state index is 14.0. The van der Waals surface area contributed by atoms with Gasteiger partial charge >= 0.3 is 5.97 Å². The molecule has 0 radical (unpaired) electrons. The van der Waals surface area contributed by atoms with Gasteiger partial charge in [-0.25, -0.2) is 27.1 Å². The number of hydrogen-bond donors (Lipinski definition) is 1. The van der Waals surface area contributed by atoms with Crippen molar-refractivity contribution in [3.63, 3.8) is 0 Å². The van der Waals surface area contributed by atoms with E-state index in [4.69, 9.17) is 5.14 Å². The molecule has 0 heterocycles. The van der Waals surface area contributed by atoms with Gasteiger partial charge in [-0.05, 0) is 35.8 Å². The van der Waals surface area contributed by atoms with Crippen molar-refractivity contribution >= 4 is 31.9 Å². The van der Waals surface area contributed by atoms with E-state index in [2.05, 4.69) is 20.7 Å². The number of primary sulfonamides is 1. The maximum Gasteiger partial charge on any atom is 0.344 e. The lowest BCUT2D eigenvalue weighted by atomic mass is 10.2. The third-order valence-corrected chi connectivity index (χ3v) is 3.82. The highest BCUT2D eigenvalue weighted by molar-refractivity contribution is 9.10. The van der Waals surface area contributed by atoms with Crippen LogP contribution in [0.4, 0.5) is 8.78 Å². The van der Waals surface area contributed by atoms with E-state index in [9.17, 15) is 22.0 Å². The molecule has 0 amide bonds. The number of sulfonamides is 1. The van der Waals surface area contributed by atoms with Crippen molar-refractivity contribution < 1.29 is 26.7 Å². The van der Waals surface area contributed by atoms with E-state index >= 15 is 0 Å². The van der Waals surface area contributed by atoms with Crippen LogP contribution in [0.1, 0.15) is 24.2 Å². The third-order valence-electron chi connectivity index (χ3n) is 1.96. The molecule has 0 aliphatic heterocycles. The Morgan fingerprint density at radius 1 is 1.42 bits per heavy atom. The van der Waals surface area contributed by atoms with Crippen LogP contribution in [0.5, 0.6) is 0 Å². The van der Waals surface area contributed by atoms with E-state index < -0.39 is 48.7 Å². The van der Waals surface area contributed by atoms with Gasteiger partial charge in [-0.1, -0.05) is 0 Å². The summed E-state index contributed by atoms with van der Waals surface area (Å²) in [5.74, 6) is -4.13. The summed E-state index contributed by atoms with van der Waals surface area (Å²) in [7, 11) is -4.46.